The van der Waals surface area contributed by atoms with E-state index in [0.717, 1.165) is 12.0 Å². The summed E-state index contributed by atoms with van der Waals surface area (Å²) in [4.78, 5) is 28.4. The van der Waals surface area contributed by atoms with Crippen molar-refractivity contribution in [2.45, 2.75) is 13.3 Å². The fraction of sp³-hybridized carbons (Fsp3) is 0.556. The van der Waals surface area contributed by atoms with Crippen LogP contribution >= 0.6 is 0 Å². The van der Waals surface area contributed by atoms with Gasteiger partial charge in [0.25, 0.3) is 5.91 Å². The molecular formula is C18H26N2O4. The maximum atomic E-state index is 12.6. The molecule has 2 amide bonds. The zero-order chi connectivity index (χ0) is 17.4. The quantitative estimate of drug-likeness (QED) is 0.737. The molecule has 1 aromatic rings. The van der Waals surface area contributed by atoms with Gasteiger partial charge in [-0.05, 0) is 25.5 Å². The molecule has 0 N–H and O–H groups in total. The first kappa shape index (κ1) is 18.4. The van der Waals surface area contributed by atoms with Gasteiger partial charge in [-0.1, -0.05) is 17.7 Å². The Kier molecular flexibility index (Phi) is 7.21. The van der Waals surface area contributed by atoms with Crippen LogP contribution in [0.25, 0.3) is 0 Å². The minimum Gasteiger partial charge on any atom is -0.382 e. The summed E-state index contributed by atoms with van der Waals surface area (Å²) in [6.07, 6.45) is 0.779. The summed E-state index contributed by atoms with van der Waals surface area (Å²) in [5.74, 6) is 0.000279. The number of hydrogen-bond acceptors (Lipinski definition) is 4. The summed E-state index contributed by atoms with van der Waals surface area (Å²) in [5, 5.41) is 0. The number of amides is 2. The van der Waals surface area contributed by atoms with Crippen molar-refractivity contribution in [1.29, 1.82) is 0 Å². The Labute approximate surface area is 143 Å². The van der Waals surface area contributed by atoms with Gasteiger partial charge in [0, 0.05) is 38.9 Å². The summed E-state index contributed by atoms with van der Waals surface area (Å²) in [6.45, 7) is 5.35. The summed E-state index contributed by atoms with van der Waals surface area (Å²) in [6, 6.07) is 7.61. The van der Waals surface area contributed by atoms with Crippen LogP contribution in [0.5, 0.6) is 0 Å². The van der Waals surface area contributed by atoms with E-state index in [4.69, 9.17) is 9.47 Å². The number of rotatable bonds is 6. The highest BCUT2D eigenvalue weighted by atomic mass is 16.5. The van der Waals surface area contributed by atoms with Crippen LogP contribution in [0.15, 0.2) is 24.3 Å². The van der Waals surface area contributed by atoms with Crippen LogP contribution in [-0.2, 0) is 14.3 Å². The molecule has 0 saturated carbocycles. The lowest BCUT2D eigenvalue weighted by Crippen LogP contribution is -2.39. The molecule has 0 spiro atoms. The molecule has 132 valence electrons. The molecule has 1 aromatic carbocycles. The maximum Gasteiger partial charge on any atom is 0.253 e. The van der Waals surface area contributed by atoms with E-state index in [1.807, 2.05) is 36.1 Å². The van der Waals surface area contributed by atoms with Crippen LogP contribution in [-0.4, -0.2) is 74.7 Å². The third-order valence-corrected chi connectivity index (χ3v) is 4.06. The highest BCUT2D eigenvalue weighted by Crippen LogP contribution is 2.11. The molecule has 0 atom stereocenters. The number of benzene rings is 1. The van der Waals surface area contributed by atoms with E-state index in [1.54, 1.807) is 12.0 Å². The largest absolute Gasteiger partial charge is 0.382 e. The summed E-state index contributed by atoms with van der Waals surface area (Å²) in [7, 11) is 1.60. The summed E-state index contributed by atoms with van der Waals surface area (Å²) >= 11 is 0. The molecule has 24 heavy (non-hydrogen) atoms. The zero-order valence-corrected chi connectivity index (χ0v) is 14.5. The predicted molar refractivity (Wildman–Crippen MR) is 91.0 cm³/mol. The normalized spacial score (nSPS) is 15.2. The Morgan fingerprint density at radius 2 is 1.83 bits per heavy atom. The van der Waals surface area contributed by atoms with Gasteiger partial charge in [-0.2, -0.15) is 0 Å². The average molecular weight is 334 g/mol. The number of ether oxygens (including phenoxy) is 2. The number of hydrogen-bond donors (Lipinski definition) is 0. The summed E-state index contributed by atoms with van der Waals surface area (Å²) < 4.78 is 10.2. The van der Waals surface area contributed by atoms with E-state index in [-0.39, 0.29) is 18.4 Å². The van der Waals surface area contributed by atoms with E-state index in [0.29, 0.717) is 45.0 Å². The highest BCUT2D eigenvalue weighted by Gasteiger charge is 2.22. The van der Waals surface area contributed by atoms with Gasteiger partial charge in [-0.15, -0.1) is 0 Å². The third-order valence-electron chi connectivity index (χ3n) is 4.06. The molecule has 0 aliphatic carbocycles. The van der Waals surface area contributed by atoms with Gasteiger partial charge in [0.2, 0.25) is 5.91 Å². The first-order valence-corrected chi connectivity index (χ1v) is 8.32. The van der Waals surface area contributed by atoms with Crippen LogP contribution in [0.1, 0.15) is 22.3 Å². The van der Waals surface area contributed by atoms with Crippen molar-refractivity contribution < 1.29 is 19.1 Å². The second-order valence-electron chi connectivity index (χ2n) is 5.94. The lowest BCUT2D eigenvalue weighted by Gasteiger charge is -2.22. The predicted octanol–water partition coefficient (Wildman–Crippen LogP) is 1.33. The Bertz CT molecular complexity index is 562. The van der Waals surface area contributed by atoms with Gasteiger partial charge in [0.05, 0.1) is 13.2 Å². The summed E-state index contributed by atoms with van der Waals surface area (Å²) in [5.41, 5.74) is 1.78. The minimum absolute atomic E-state index is 0.0315. The van der Waals surface area contributed by atoms with Gasteiger partial charge in [-0.3, -0.25) is 9.59 Å². The second-order valence-corrected chi connectivity index (χ2v) is 5.94. The number of methoxy groups -OCH3 is 1. The van der Waals surface area contributed by atoms with Gasteiger partial charge in [0.1, 0.15) is 6.61 Å². The molecule has 1 fully saturated rings. The highest BCUT2D eigenvalue weighted by molar-refractivity contribution is 5.94. The molecule has 6 nitrogen and oxygen atoms in total. The SMILES string of the molecule is COCCOCC(=O)N1CCCN(C(=O)c2cccc(C)c2)CC1. The fourth-order valence-electron chi connectivity index (χ4n) is 2.72. The van der Waals surface area contributed by atoms with Crippen LogP contribution in [0, 0.1) is 6.92 Å². The zero-order valence-electron chi connectivity index (χ0n) is 14.5. The molecule has 1 heterocycles. The molecule has 0 radical (unpaired) electrons. The van der Waals surface area contributed by atoms with Gasteiger partial charge in [-0.25, -0.2) is 0 Å². The number of nitrogens with zero attached hydrogens (tertiary/aromatic N) is 2. The first-order chi connectivity index (χ1) is 11.6. The van der Waals surface area contributed by atoms with E-state index in [1.165, 1.54) is 0 Å². The van der Waals surface area contributed by atoms with E-state index in [2.05, 4.69) is 0 Å². The Morgan fingerprint density at radius 3 is 2.58 bits per heavy atom. The van der Waals surface area contributed by atoms with E-state index in [9.17, 15) is 9.59 Å². The fourth-order valence-corrected chi connectivity index (χ4v) is 2.72. The number of carbonyl (C=O) groups excluding carboxylic acids is 2. The molecule has 0 aromatic heterocycles. The van der Waals surface area contributed by atoms with E-state index >= 15 is 0 Å². The van der Waals surface area contributed by atoms with Crippen molar-refractivity contribution in [2.24, 2.45) is 0 Å². The van der Waals surface area contributed by atoms with Crippen molar-refractivity contribution in [3.63, 3.8) is 0 Å². The van der Waals surface area contributed by atoms with Crippen molar-refractivity contribution in [2.75, 3.05) is 53.1 Å². The van der Waals surface area contributed by atoms with Gasteiger partial charge in [0.15, 0.2) is 0 Å². The lowest BCUT2D eigenvalue weighted by molar-refractivity contribution is -0.136. The first-order valence-electron chi connectivity index (χ1n) is 8.32. The van der Waals surface area contributed by atoms with Crippen LogP contribution in [0.4, 0.5) is 0 Å². The Morgan fingerprint density at radius 1 is 1.08 bits per heavy atom. The van der Waals surface area contributed by atoms with Crippen molar-refractivity contribution >= 4 is 11.8 Å². The molecule has 6 heteroatoms. The Hall–Kier alpha value is -1.92. The molecule has 1 aliphatic heterocycles. The standard InChI is InChI=1S/C18H26N2O4/c1-15-5-3-6-16(13-15)18(22)20-8-4-7-19(9-10-20)17(21)14-24-12-11-23-2/h3,5-6,13H,4,7-12,14H2,1-2H3. The smallest absolute Gasteiger partial charge is 0.253 e. The topological polar surface area (TPSA) is 59.1 Å². The lowest BCUT2D eigenvalue weighted by atomic mass is 10.1. The van der Waals surface area contributed by atoms with Crippen molar-refractivity contribution in [3.8, 4) is 0 Å². The van der Waals surface area contributed by atoms with Crippen LogP contribution in [0.2, 0.25) is 0 Å². The second kappa shape index (κ2) is 9.39. The van der Waals surface area contributed by atoms with Crippen molar-refractivity contribution in [1.82, 2.24) is 9.80 Å². The molecule has 0 bridgehead atoms. The number of carbonyl (C=O) groups is 2. The molecule has 1 aliphatic rings. The van der Waals surface area contributed by atoms with Crippen LogP contribution in [0.3, 0.4) is 0 Å². The molecular weight excluding hydrogens is 308 g/mol. The minimum atomic E-state index is -0.0315. The van der Waals surface area contributed by atoms with Crippen LogP contribution < -0.4 is 0 Å². The Balaban J connectivity index is 1.85. The number of aryl methyl sites for hydroxylation is 1. The average Bonchev–Trinajstić information content (AvgIpc) is 2.84. The monoisotopic (exact) mass is 334 g/mol. The van der Waals surface area contributed by atoms with Crippen molar-refractivity contribution in [3.05, 3.63) is 35.4 Å². The van der Waals surface area contributed by atoms with Gasteiger partial charge < -0.3 is 19.3 Å². The molecule has 0 unspecified atom stereocenters. The molecule has 1 saturated heterocycles. The molecule has 2 rings (SSSR count). The third kappa shape index (κ3) is 5.32. The van der Waals surface area contributed by atoms with Gasteiger partial charge >= 0.3 is 0 Å². The van der Waals surface area contributed by atoms with E-state index < -0.39 is 0 Å². The maximum absolute atomic E-state index is 12.6.